The molecule has 2 N–H and O–H groups in total. The zero-order valence-electron chi connectivity index (χ0n) is 13.0. The summed E-state index contributed by atoms with van der Waals surface area (Å²) in [6, 6.07) is 1.84. The summed E-state index contributed by atoms with van der Waals surface area (Å²) in [6.07, 6.45) is 1.95. The molecule has 0 aliphatic carbocycles. The monoisotopic (exact) mass is 331 g/mol. The Balaban J connectivity index is 2.05. The Morgan fingerprint density at radius 2 is 2.24 bits per heavy atom. The predicted octanol–water partition coefficient (Wildman–Crippen LogP) is 1.54. The molecule has 7 heteroatoms. The van der Waals surface area contributed by atoms with Crippen molar-refractivity contribution in [2.24, 2.45) is 0 Å². The van der Waals surface area contributed by atoms with Gasteiger partial charge in [0.15, 0.2) is 0 Å². The third-order valence-corrected chi connectivity index (χ3v) is 6.48. The molecule has 120 valence electrons. The van der Waals surface area contributed by atoms with Gasteiger partial charge in [0, 0.05) is 28.9 Å². The fourth-order valence-electron chi connectivity index (χ4n) is 2.58. The van der Waals surface area contributed by atoms with Crippen LogP contribution in [0.3, 0.4) is 0 Å². The molecule has 1 aliphatic rings. The summed E-state index contributed by atoms with van der Waals surface area (Å²) in [5.41, 5.74) is 0. The zero-order chi connectivity index (χ0) is 15.5. The Bertz CT molecular complexity index is 569. The van der Waals surface area contributed by atoms with Gasteiger partial charge in [-0.05, 0) is 46.0 Å². The second kappa shape index (κ2) is 7.19. The molecular formula is C14H25N3O2S2. The van der Waals surface area contributed by atoms with Crippen molar-refractivity contribution in [2.75, 3.05) is 26.7 Å². The normalized spacial score (nSPS) is 20.2. The number of hydrogen-bond acceptors (Lipinski definition) is 5. The Kier molecular flexibility index (Phi) is 5.79. The summed E-state index contributed by atoms with van der Waals surface area (Å²) in [6.45, 7) is 7.41. The highest BCUT2D eigenvalue weighted by atomic mass is 32.2. The van der Waals surface area contributed by atoms with Crippen molar-refractivity contribution >= 4 is 21.4 Å². The van der Waals surface area contributed by atoms with Gasteiger partial charge in [-0.2, -0.15) is 0 Å². The summed E-state index contributed by atoms with van der Waals surface area (Å²) < 4.78 is 27.9. The first kappa shape index (κ1) is 16.9. The van der Waals surface area contributed by atoms with Crippen LogP contribution in [0, 0.1) is 6.92 Å². The number of likely N-dealkylation sites (N-methyl/N-ethyl adjacent to an activating group) is 1. The minimum Gasteiger partial charge on any atom is -0.312 e. The van der Waals surface area contributed by atoms with Gasteiger partial charge in [0.05, 0.1) is 4.90 Å². The molecule has 1 atom stereocenters. The predicted molar refractivity (Wildman–Crippen MR) is 87.3 cm³/mol. The van der Waals surface area contributed by atoms with Crippen LogP contribution in [0.4, 0.5) is 0 Å². The summed E-state index contributed by atoms with van der Waals surface area (Å²) in [4.78, 5) is 4.52. The molecule has 0 spiro atoms. The number of rotatable bonds is 7. The standard InChI is InChI=1S/C14H25N3O2S2/c1-4-6-15-9-13-8-14(11(2)20-13)21(18,19)16-12-5-7-17(3)10-12/h8,12,15-16H,4-7,9-10H2,1-3H3. The lowest BCUT2D eigenvalue weighted by molar-refractivity contribution is 0.407. The maximum Gasteiger partial charge on any atom is 0.241 e. The molecule has 1 aromatic rings. The summed E-state index contributed by atoms with van der Waals surface area (Å²) in [5.74, 6) is 0. The third-order valence-electron chi connectivity index (χ3n) is 3.65. The average molecular weight is 332 g/mol. The van der Waals surface area contributed by atoms with Gasteiger partial charge < -0.3 is 10.2 Å². The molecule has 1 unspecified atom stereocenters. The molecule has 1 saturated heterocycles. The van der Waals surface area contributed by atoms with Crippen LogP contribution >= 0.6 is 11.3 Å². The topological polar surface area (TPSA) is 61.4 Å². The Hall–Kier alpha value is -0.470. The van der Waals surface area contributed by atoms with Gasteiger partial charge in [0.2, 0.25) is 10.0 Å². The van der Waals surface area contributed by atoms with Crippen LogP contribution in [0.1, 0.15) is 29.5 Å². The molecule has 1 aliphatic heterocycles. The van der Waals surface area contributed by atoms with E-state index >= 15 is 0 Å². The molecule has 1 aromatic heterocycles. The molecule has 0 saturated carbocycles. The number of hydrogen-bond donors (Lipinski definition) is 2. The molecule has 0 amide bonds. The van der Waals surface area contributed by atoms with E-state index in [9.17, 15) is 8.42 Å². The molecule has 5 nitrogen and oxygen atoms in total. The maximum atomic E-state index is 12.5. The van der Waals surface area contributed by atoms with Crippen LogP contribution in [-0.2, 0) is 16.6 Å². The van der Waals surface area contributed by atoms with Gasteiger partial charge in [-0.3, -0.25) is 0 Å². The lowest BCUT2D eigenvalue weighted by Gasteiger charge is -2.13. The molecule has 0 radical (unpaired) electrons. The van der Waals surface area contributed by atoms with E-state index in [1.54, 1.807) is 11.3 Å². The number of likely N-dealkylation sites (tertiary alicyclic amines) is 1. The lowest BCUT2D eigenvalue weighted by atomic mass is 10.3. The van der Waals surface area contributed by atoms with Crippen molar-refractivity contribution in [3.05, 3.63) is 15.8 Å². The van der Waals surface area contributed by atoms with E-state index in [-0.39, 0.29) is 6.04 Å². The van der Waals surface area contributed by atoms with Gasteiger partial charge >= 0.3 is 0 Å². The van der Waals surface area contributed by atoms with Crippen LogP contribution in [0.2, 0.25) is 0 Å². The van der Waals surface area contributed by atoms with E-state index < -0.39 is 10.0 Å². The minimum atomic E-state index is -3.40. The largest absolute Gasteiger partial charge is 0.312 e. The molecule has 2 heterocycles. The van der Waals surface area contributed by atoms with Crippen molar-refractivity contribution in [2.45, 2.75) is 44.2 Å². The Morgan fingerprint density at radius 3 is 2.86 bits per heavy atom. The fourth-order valence-corrected chi connectivity index (χ4v) is 5.45. The van der Waals surface area contributed by atoms with Crippen molar-refractivity contribution in [1.82, 2.24) is 14.9 Å². The Labute approximate surface area is 131 Å². The van der Waals surface area contributed by atoms with Crippen LogP contribution in [-0.4, -0.2) is 46.0 Å². The molecule has 1 fully saturated rings. The van der Waals surface area contributed by atoms with Crippen LogP contribution in [0.15, 0.2) is 11.0 Å². The van der Waals surface area contributed by atoms with Crippen LogP contribution in [0.5, 0.6) is 0 Å². The molecule has 21 heavy (non-hydrogen) atoms. The van der Waals surface area contributed by atoms with E-state index in [2.05, 4.69) is 21.9 Å². The van der Waals surface area contributed by atoms with Gasteiger partial charge in [-0.1, -0.05) is 6.92 Å². The number of nitrogens with zero attached hydrogens (tertiary/aromatic N) is 1. The van der Waals surface area contributed by atoms with E-state index in [1.807, 2.05) is 20.0 Å². The Morgan fingerprint density at radius 1 is 1.48 bits per heavy atom. The molecule has 0 bridgehead atoms. The number of aryl methyl sites for hydroxylation is 1. The van der Waals surface area contributed by atoms with E-state index in [1.165, 1.54) is 0 Å². The molecular weight excluding hydrogens is 306 g/mol. The van der Waals surface area contributed by atoms with Crippen LogP contribution in [0.25, 0.3) is 0 Å². The van der Waals surface area contributed by atoms with Crippen LogP contribution < -0.4 is 10.0 Å². The average Bonchev–Trinajstić information content (AvgIpc) is 2.96. The van der Waals surface area contributed by atoms with Crippen molar-refractivity contribution < 1.29 is 8.42 Å². The second-order valence-corrected chi connectivity index (χ2v) is 8.70. The van der Waals surface area contributed by atoms with Gasteiger partial charge in [-0.25, -0.2) is 13.1 Å². The van der Waals surface area contributed by atoms with Gasteiger partial charge in [0.25, 0.3) is 0 Å². The number of thiophene rings is 1. The minimum absolute atomic E-state index is 0.0287. The first-order valence-electron chi connectivity index (χ1n) is 7.43. The first-order valence-corrected chi connectivity index (χ1v) is 9.73. The van der Waals surface area contributed by atoms with Gasteiger partial charge in [-0.15, -0.1) is 11.3 Å². The number of sulfonamides is 1. The molecule has 0 aromatic carbocycles. The number of nitrogens with one attached hydrogen (secondary N) is 2. The van der Waals surface area contributed by atoms with E-state index in [4.69, 9.17) is 0 Å². The third kappa shape index (κ3) is 4.50. The van der Waals surface area contributed by atoms with E-state index in [0.29, 0.717) is 4.90 Å². The van der Waals surface area contributed by atoms with Crippen molar-refractivity contribution in [1.29, 1.82) is 0 Å². The quantitative estimate of drug-likeness (QED) is 0.744. The van der Waals surface area contributed by atoms with Gasteiger partial charge in [0.1, 0.15) is 0 Å². The summed E-state index contributed by atoms with van der Waals surface area (Å²) in [7, 11) is -1.39. The maximum absolute atomic E-state index is 12.5. The van der Waals surface area contributed by atoms with E-state index in [0.717, 1.165) is 48.8 Å². The SMILES string of the molecule is CCCNCc1cc(S(=O)(=O)NC2CCN(C)C2)c(C)s1. The highest BCUT2D eigenvalue weighted by Crippen LogP contribution is 2.26. The second-order valence-electron chi connectivity index (χ2n) is 5.68. The summed E-state index contributed by atoms with van der Waals surface area (Å²) in [5, 5.41) is 3.31. The molecule has 2 rings (SSSR count). The lowest BCUT2D eigenvalue weighted by Crippen LogP contribution is -2.36. The smallest absolute Gasteiger partial charge is 0.241 e. The van der Waals surface area contributed by atoms with Crippen molar-refractivity contribution in [3.8, 4) is 0 Å². The van der Waals surface area contributed by atoms with Crippen molar-refractivity contribution in [3.63, 3.8) is 0 Å². The highest BCUT2D eigenvalue weighted by Gasteiger charge is 2.27. The first-order chi connectivity index (χ1) is 9.92. The highest BCUT2D eigenvalue weighted by molar-refractivity contribution is 7.89. The summed E-state index contributed by atoms with van der Waals surface area (Å²) >= 11 is 1.56. The zero-order valence-corrected chi connectivity index (χ0v) is 14.6. The fraction of sp³-hybridized carbons (Fsp3) is 0.714.